The van der Waals surface area contributed by atoms with Gasteiger partial charge in [0.15, 0.2) is 5.75 Å². The molecule has 104 valence electrons. The first-order valence-electron chi connectivity index (χ1n) is 5.92. The maximum Gasteiger partial charge on any atom is 0.156 e. The van der Waals surface area contributed by atoms with Crippen LogP contribution in [0.25, 0.3) is 11.0 Å². The first kappa shape index (κ1) is 14.5. The van der Waals surface area contributed by atoms with Gasteiger partial charge in [-0.3, -0.25) is 0 Å². The molecule has 0 N–H and O–H groups in total. The molecule has 0 saturated heterocycles. The number of hydrogen-bond acceptors (Lipinski definition) is 3. The monoisotopic (exact) mass is 301 g/mol. The second-order valence-electron chi connectivity index (χ2n) is 4.39. The predicted octanol–water partition coefficient (Wildman–Crippen LogP) is 2.55. The molecule has 0 aromatic carbocycles. The van der Waals surface area contributed by atoms with Crippen LogP contribution in [-0.4, -0.2) is 41.5 Å². The second-order valence-corrected chi connectivity index (χ2v) is 7.15. The minimum absolute atomic E-state index is 0.413. The van der Waals surface area contributed by atoms with E-state index in [-0.39, 0.29) is 0 Å². The van der Waals surface area contributed by atoms with Crippen LogP contribution in [0, 0.1) is 0 Å². The zero-order valence-corrected chi connectivity index (χ0v) is 12.9. The van der Waals surface area contributed by atoms with Gasteiger partial charge in [-0.25, -0.2) is 4.98 Å². The van der Waals surface area contributed by atoms with Crippen molar-refractivity contribution in [1.29, 1.82) is 0 Å². The summed E-state index contributed by atoms with van der Waals surface area (Å²) in [6.45, 7) is 1.26. The fraction of sp³-hybridized carbons (Fsp3) is 0.462. The van der Waals surface area contributed by atoms with Gasteiger partial charge in [-0.05, 0) is 17.0 Å². The second kappa shape index (κ2) is 6.50. The maximum atomic E-state index is 6.24. The Morgan fingerprint density at radius 2 is 2.21 bits per heavy atom. The van der Waals surface area contributed by atoms with Gasteiger partial charge in [-0.1, -0.05) is 11.6 Å². The van der Waals surface area contributed by atoms with Gasteiger partial charge in [0.25, 0.3) is 0 Å². The highest BCUT2D eigenvalue weighted by molar-refractivity contribution is 7.95. The molecule has 0 amide bonds. The Kier molecular flexibility index (Phi) is 4.96. The van der Waals surface area contributed by atoms with E-state index in [0.29, 0.717) is 28.4 Å². The van der Waals surface area contributed by atoms with Gasteiger partial charge in [0, 0.05) is 11.6 Å². The Bertz CT molecular complexity index is 557. The Hall–Kier alpha value is -0.910. The van der Waals surface area contributed by atoms with E-state index >= 15 is 0 Å². The van der Waals surface area contributed by atoms with Crippen LogP contribution in [0.5, 0.6) is 5.75 Å². The van der Waals surface area contributed by atoms with Crippen LogP contribution in [0.1, 0.15) is 0 Å². The van der Waals surface area contributed by atoms with Crippen molar-refractivity contribution in [3.63, 3.8) is 0 Å². The molecule has 0 radical (unpaired) electrons. The Morgan fingerprint density at radius 1 is 1.42 bits per heavy atom. The molecule has 0 aliphatic rings. The van der Waals surface area contributed by atoms with Crippen molar-refractivity contribution < 1.29 is 9.47 Å². The zero-order chi connectivity index (χ0) is 13.8. The lowest BCUT2D eigenvalue weighted by molar-refractivity contribution is 0.0924. The predicted molar refractivity (Wildman–Crippen MR) is 81.3 cm³/mol. The molecule has 2 aromatic rings. The number of nitrogens with zero attached hydrogens (tertiary/aromatic N) is 2. The van der Waals surface area contributed by atoms with Crippen LogP contribution in [-0.2, 0) is 22.4 Å². The summed E-state index contributed by atoms with van der Waals surface area (Å²) in [4.78, 5) is 4.36. The minimum Gasteiger partial charge on any atom is -0.494 e. The van der Waals surface area contributed by atoms with Crippen LogP contribution in [0.3, 0.4) is 0 Å². The molecule has 2 heterocycles. The van der Waals surface area contributed by atoms with Gasteiger partial charge in [0.05, 0.1) is 37.4 Å². The molecular weight excluding hydrogens is 284 g/mol. The molecule has 19 heavy (non-hydrogen) atoms. The lowest BCUT2D eigenvalue weighted by Gasteiger charge is -2.07. The average Bonchev–Trinajstić information content (AvgIpc) is 2.79. The van der Waals surface area contributed by atoms with E-state index in [1.807, 2.05) is 16.8 Å². The van der Waals surface area contributed by atoms with Crippen LogP contribution in [0.15, 0.2) is 18.5 Å². The Labute approximate surface area is 121 Å². The van der Waals surface area contributed by atoms with Gasteiger partial charge in [-0.2, -0.15) is 0 Å². The number of aromatic nitrogens is 2. The van der Waals surface area contributed by atoms with Crippen molar-refractivity contribution in [2.24, 2.45) is 0 Å². The zero-order valence-electron chi connectivity index (χ0n) is 11.4. The number of rotatable bonds is 6. The standard InChI is InChI=1S/C13H18ClN2O2S/c1-17-11-8-15-13-10(12(11)14)4-5-16(13)9-18-6-7-19(2)3/h4-5,8H,6-7,9H2,1-3H3/q+1. The lowest BCUT2D eigenvalue weighted by atomic mass is 10.3. The van der Waals surface area contributed by atoms with Crippen molar-refractivity contribution in [3.05, 3.63) is 23.5 Å². The molecule has 0 unspecified atom stereocenters. The van der Waals surface area contributed by atoms with Crippen LogP contribution in [0.2, 0.25) is 5.02 Å². The fourth-order valence-corrected chi connectivity index (χ4v) is 2.45. The molecule has 2 rings (SSSR count). The SMILES string of the molecule is COc1cnc2c(ccn2COCC[S+](C)C)c1Cl. The molecule has 4 nitrogen and oxygen atoms in total. The summed E-state index contributed by atoms with van der Waals surface area (Å²) >= 11 is 6.24. The summed E-state index contributed by atoms with van der Waals surface area (Å²) in [6.07, 6.45) is 7.99. The van der Waals surface area contributed by atoms with Gasteiger partial charge >= 0.3 is 0 Å². The van der Waals surface area contributed by atoms with E-state index in [2.05, 4.69) is 17.5 Å². The van der Waals surface area contributed by atoms with Crippen molar-refractivity contribution in [2.75, 3.05) is 32.0 Å². The van der Waals surface area contributed by atoms with E-state index in [9.17, 15) is 0 Å². The van der Waals surface area contributed by atoms with Crippen molar-refractivity contribution in [2.45, 2.75) is 6.73 Å². The molecule has 6 heteroatoms. The van der Waals surface area contributed by atoms with E-state index in [1.54, 1.807) is 13.3 Å². The number of ether oxygens (including phenoxy) is 2. The van der Waals surface area contributed by atoms with Crippen LogP contribution in [0.4, 0.5) is 0 Å². The third-order valence-electron chi connectivity index (χ3n) is 2.78. The van der Waals surface area contributed by atoms with Crippen molar-refractivity contribution in [3.8, 4) is 5.75 Å². The lowest BCUT2D eigenvalue weighted by Crippen LogP contribution is -2.11. The van der Waals surface area contributed by atoms with Crippen molar-refractivity contribution >= 4 is 33.5 Å². The summed E-state index contributed by atoms with van der Waals surface area (Å²) in [5.41, 5.74) is 0.817. The number of methoxy groups -OCH3 is 1. The van der Waals surface area contributed by atoms with Crippen LogP contribution >= 0.6 is 11.6 Å². The van der Waals surface area contributed by atoms with E-state index in [1.165, 1.54) is 0 Å². The van der Waals surface area contributed by atoms with Crippen molar-refractivity contribution in [1.82, 2.24) is 9.55 Å². The normalized spacial score (nSPS) is 11.4. The molecule has 2 aromatic heterocycles. The highest BCUT2D eigenvalue weighted by Crippen LogP contribution is 2.31. The summed E-state index contributed by atoms with van der Waals surface area (Å²) in [6, 6.07) is 1.93. The Morgan fingerprint density at radius 3 is 2.89 bits per heavy atom. The third kappa shape index (κ3) is 3.35. The summed E-state index contributed by atoms with van der Waals surface area (Å²) in [5.74, 6) is 1.68. The smallest absolute Gasteiger partial charge is 0.156 e. The topological polar surface area (TPSA) is 36.3 Å². The molecular formula is C13H18ClN2O2S+. The van der Waals surface area contributed by atoms with Crippen LogP contribution < -0.4 is 4.74 Å². The molecule has 0 saturated carbocycles. The molecule has 0 aliphatic carbocycles. The van der Waals surface area contributed by atoms with Gasteiger partial charge in [-0.15, -0.1) is 0 Å². The molecule has 0 atom stereocenters. The molecule has 0 spiro atoms. The first-order valence-corrected chi connectivity index (χ1v) is 8.51. The summed E-state index contributed by atoms with van der Waals surface area (Å²) in [5, 5.41) is 1.48. The number of pyridine rings is 1. The van der Waals surface area contributed by atoms with Gasteiger partial charge in [0.2, 0.25) is 0 Å². The minimum atomic E-state index is 0.413. The fourth-order valence-electron chi connectivity index (χ4n) is 1.72. The summed E-state index contributed by atoms with van der Waals surface area (Å²) < 4.78 is 12.8. The quantitative estimate of drug-likeness (QED) is 0.608. The molecule has 0 bridgehead atoms. The summed E-state index contributed by atoms with van der Waals surface area (Å²) in [7, 11) is 2.00. The Balaban J connectivity index is 2.10. The largest absolute Gasteiger partial charge is 0.494 e. The highest BCUT2D eigenvalue weighted by Gasteiger charge is 2.11. The van der Waals surface area contributed by atoms with Gasteiger partial charge in [0.1, 0.15) is 18.1 Å². The highest BCUT2D eigenvalue weighted by atomic mass is 35.5. The van der Waals surface area contributed by atoms with E-state index in [4.69, 9.17) is 21.1 Å². The number of hydrogen-bond donors (Lipinski definition) is 0. The number of fused-ring (bicyclic) bond motifs is 1. The number of halogens is 1. The average molecular weight is 302 g/mol. The molecule has 0 aliphatic heterocycles. The third-order valence-corrected chi connectivity index (χ3v) is 4.15. The maximum absolute atomic E-state index is 6.24. The van der Waals surface area contributed by atoms with E-state index in [0.717, 1.165) is 23.4 Å². The first-order chi connectivity index (χ1) is 9.13. The molecule has 0 fully saturated rings. The van der Waals surface area contributed by atoms with E-state index < -0.39 is 0 Å². The van der Waals surface area contributed by atoms with Gasteiger partial charge < -0.3 is 14.0 Å².